The Kier molecular flexibility index (Phi) is 5.93. The van der Waals surface area contributed by atoms with Crippen molar-refractivity contribution in [2.75, 3.05) is 0 Å². The second-order valence-corrected chi connectivity index (χ2v) is 5.47. The predicted octanol–water partition coefficient (Wildman–Crippen LogP) is 2.39. The number of aliphatic carboxylic acids is 1. The van der Waals surface area contributed by atoms with Gasteiger partial charge in [-0.05, 0) is 39.7 Å². The molecule has 0 saturated carbocycles. The quantitative estimate of drug-likeness (QED) is 0.809. The Morgan fingerprint density at radius 2 is 1.90 bits per heavy atom. The second kappa shape index (κ2) is 7.24. The highest BCUT2D eigenvalue weighted by Crippen LogP contribution is 2.18. The number of amides is 1. The molecule has 0 spiro atoms. The number of carboxylic acids is 1. The van der Waals surface area contributed by atoms with Gasteiger partial charge in [0.25, 0.3) is 5.91 Å². The molecule has 2 N–H and O–H groups in total. The number of aryl methyl sites for hydroxylation is 1. The molecule has 0 bridgehead atoms. The molecule has 0 fully saturated rings. The standard InChI is InChI=1S/C15H25N3O3/c1-6-12(7-2)18-9(3)8-13(17-18)14(19)16-11(5)10(4)15(20)21/h8,10-12H,6-7H2,1-5H3,(H,16,19)(H,20,21). The largest absolute Gasteiger partial charge is 0.481 e. The maximum Gasteiger partial charge on any atom is 0.308 e. The Balaban J connectivity index is 2.85. The summed E-state index contributed by atoms with van der Waals surface area (Å²) in [6.45, 7) is 9.35. The van der Waals surface area contributed by atoms with Crippen molar-refractivity contribution in [2.45, 2.75) is 59.5 Å². The molecule has 0 aliphatic carbocycles. The number of hydrogen-bond donors (Lipinski definition) is 2. The SMILES string of the molecule is CCC(CC)n1nc(C(=O)NC(C)C(C)C(=O)O)cc1C. The first-order chi connectivity index (χ1) is 9.81. The van der Waals surface area contributed by atoms with E-state index in [-0.39, 0.29) is 11.9 Å². The van der Waals surface area contributed by atoms with Gasteiger partial charge in [0.05, 0.1) is 12.0 Å². The first-order valence-corrected chi connectivity index (χ1v) is 7.41. The van der Waals surface area contributed by atoms with E-state index in [4.69, 9.17) is 5.11 Å². The monoisotopic (exact) mass is 295 g/mol. The number of carbonyl (C=O) groups excluding carboxylic acids is 1. The number of rotatable bonds is 7. The van der Waals surface area contributed by atoms with Gasteiger partial charge < -0.3 is 10.4 Å². The summed E-state index contributed by atoms with van der Waals surface area (Å²) in [6, 6.07) is 1.57. The second-order valence-electron chi connectivity index (χ2n) is 5.47. The number of nitrogens with one attached hydrogen (secondary N) is 1. The normalized spacial score (nSPS) is 14.0. The molecule has 2 atom stereocenters. The number of hydrogen-bond acceptors (Lipinski definition) is 3. The van der Waals surface area contributed by atoms with E-state index in [9.17, 15) is 9.59 Å². The minimum absolute atomic E-state index is 0.280. The van der Waals surface area contributed by atoms with Crippen molar-refractivity contribution < 1.29 is 14.7 Å². The average molecular weight is 295 g/mol. The van der Waals surface area contributed by atoms with Gasteiger partial charge in [0.1, 0.15) is 5.69 Å². The van der Waals surface area contributed by atoms with Crippen LogP contribution in [0.1, 0.15) is 62.8 Å². The lowest BCUT2D eigenvalue weighted by atomic mass is 10.0. The van der Waals surface area contributed by atoms with E-state index in [1.807, 2.05) is 11.6 Å². The fourth-order valence-corrected chi connectivity index (χ4v) is 2.22. The first-order valence-electron chi connectivity index (χ1n) is 7.41. The van der Waals surface area contributed by atoms with Crippen LogP contribution in [0.4, 0.5) is 0 Å². The third-order valence-corrected chi connectivity index (χ3v) is 3.94. The van der Waals surface area contributed by atoms with Gasteiger partial charge in [-0.3, -0.25) is 14.3 Å². The van der Waals surface area contributed by atoms with Crippen LogP contribution in [0, 0.1) is 12.8 Å². The highest BCUT2D eigenvalue weighted by Gasteiger charge is 2.23. The van der Waals surface area contributed by atoms with Crippen LogP contribution in [-0.4, -0.2) is 32.8 Å². The highest BCUT2D eigenvalue weighted by atomic mass is 16.4. The molecule has 6 heteroatoms. The highest BCUT2D eigenvalue weighted by molar-refractivity contribution is 5.92. The molecule has 0 aromatic carbocycles. The summed E-state index contributed by atoms with van der Waals surface area (Å²) in [6.07, 6.45) is 1.90. The molecular weight excluding hydrogens is 270 g/mol. The van der Waals surface area contributed by atoms with Crippen molar-refractivity contribution in [3.63, 3.8) is 0 Å². The molecule has 0 saturated heterocycles. The first kappa shape index (κ1) is 17.2. The lowest BCUT2D eigenvalue weighted by Crippen LogP contribution is -2.40. The van der Waals surface area contributed by atoms with Gasteiger partial charge in [-0.15, -0.1) is 0 Å². The molecule has 0 aliphatic heterocycles. The molecule has 6 nitrogen and oxygen atoms in total. The van der Waals surface area contributed by atoms with E-state index in [1.54, 1.807) is 19.9 Å². The van der Waals surface area contributed by atoms with Crippen molar-refractivity contribution in [3.8, 4) is 0 Å². The maximum atomic E-state index is 12.2. The van der Waals surface area contributed by atoms with E-state index >= 15 is 0 Å². The third kappa shape index (κ3) is 4.06. The van der Waals surface area contributed by atoms with Crippen LogP contribution in [-0.2, 0) is 4.79 Å². The van der Waals surface area contributed by atoms with Gasteiger partial charge in [0, 0.05) is 11.7 Å². The van der Waals surface area contributed by atoms with Crippen LogP contribution in [0.2, 0.25) is 0 Å². The smallest absolute Gasteiger partial charge is 0.308 e. The van der Waals surface area contributed by atoms with Gasteiger partial charge in [0.15, 0.2) is 0 Å². The zero-order valence-electron chi connectivity index (χ0n) is 13.4. The maximum absolute atomic E-state index is 12.2. The van der Waals surface area contributed by atoms with Gasteiger partial charge in [-0.2, -0.15) is 5.10 Å². The summed E-state index contributed by atoms with van der Waals surface area (Å²) in [4.78, 5) is 23.1. The van der Waals surface area contributed by atoms with Crippen molar-refractivity contribution in [2.24, 2.45) is 5.92 Å². The minimum atomic E-state index is -0.929. The van der Waals surface area contributed by atoms with Gasteiger partial charge >= 0.3 is 5.97 Å². The molecule has 0 aliphatic rings. The van der Waals surface area contributed by atoms with E-state index in [2.05, 4.69) is 24.3 Å². The van der Waals surface area contributed by atoms with Crippen LogP contribution in [0.15, 0.2) is 6.07 Å². The Morgan fingerprint density at radius 1 is 1.33 bits per heavy atom. The number of carboxylic acid groups (broad SMARTS) is 1. The molecule has 118 valence electrons. The molecule has 1 aromatic heterocycles. The molecule has 1 amide bonds. The average Bonchev–Trinajstić information content (AvgIpc) is 2.81. The Bertz CT molecular complexity index is 506. The molecular formula is C15H25N3O3. The number of nitrogens with zero attached hydrogens (tertiary/aromatic N) is 2. The molecule has 2 unspecified atom stereocenters. The van der Waals surface area contributed by atoms with Crippen molar-refractivity contribution in [1.29, 1.82) is 0 Å². The van der Waals surface area contributed by atoms with Gasteiger partial charge in [0.2, 0.25) is 0 Å². The van der Waals surface area contributed by atoms with Crippen LogP contribution >= 0.6 is 0 Å². The van der Waals surface area contributed by atoms with Crippen LogP contribution in [0.3, 0.4) is 0 Å². The fourth-order valence-electron chi connectivity index (χ4n) is 2.22. The third-order valence-electron chi connectivity index (χ3n) is 3.94. The minimum Gasteiger partial charge on any atom is -0.481 e. The molecule has 1 aromatic rings. The summed E-state index contributed by atoms with van der Waals surface area (Å²) in [5, 5.41) is 16.0. The number of carbonyl (C=O) groups is 2. The summed E-state index contributed by atoms with van der Waals surface area (Å²) in [7, 11) is 0. The molecule has 1 rings (SSSR count). The van der Waals surface area contributed by atoms with Gasteiger partial charge in [-0.1, -0.05) is 13.8 Å². The van der Waals surface area contributed by atoms with E-state index in [1.165, 1.54) is 0 Å². The zero-order valence-corrected chi connectivity index (χ0v) is 13.4. The summed E-state index contributed by atoms with van der Waals surface area (Å²) >= 11 is 0. The summed E-state index contributed by atoms with van der Waals surface area (Å²) < 4.78 is 1.88. The Hall–Kier alpha value is -1.85. The number of aromatic nitrogens is 2. The van der Waals surface area contributed by atoms with Crippen LogP contribution in [0.5, 0.6) is 0 Å². The van der Waals surface area contributed by atoms with Crippen LogP contribution in [0.25, 0.3) is 0 Å². The predicted molar refractivity (Wildman–Crippen MR) is 80.3 cm³/mol. The zero-order chi connectivity index (χ0) is 16.2. The van der Waals surface area contributed by atoms with E-state index in [0.29, 0.717) is 5.69 Å². The fraction of sp³-hybridized carbons (Fsp3) is 0.667. The van der Waals surface area contributed by atoms with Crippen molar-refractivity contribution in [1.82, 2.24) is 15.1 Å². The molecule has 21 heavy (non-hydrogen) atoms. The van der Waals surface area contributed by atoms with Gasteiger partial charge in [-0.25, -0.2) is 0 Å². The van der Waals surface area contributed by atoms with Crippen molar-refractivity contribution >= 4 is 11.9 Å². The molecule has 0 radical (unpaired) electrons. The van der Waals surface area contributed by atoms with E-state index < -0.39 is 17.9 Å². The Labute approximate surface area is 125 Å². The van der Waals surface area contributed by atoms with Crippen LogP contribution < -0.4 is 5.32 Å². The molecule has 1 heterocycles. The summed E-state index contributed by atoms with van der Waals surface area (Å²) in [5.41, 5.74) is 1.27. The van der Waals surface area contributed by atoms with E-state index in [0.717, 1.165) is 18.5 Å². The topological polar surface area (TPSA) is 84.2 Å². The van der Waals surface area contributed by atoms with Crippen molar-refractivity contribution in [3.05, 3.63) is 17.5 Å². The Morgan fingerprint density at radius 3 is 2.38 bits per heavy atom. The lowest BCUT2D eigenvalue weighted by Gasteiger charge is -2.17. The lowest BCUT2D eigenvalue weighted by molar-refractivity contribution is -0.141. The summed E-state index contributed by atoms with van der Waals surface area (Å²) in [5.74, 6) is -1.90.